The third-order valence-electron chi connectivity index (χ3n) is 7.45. The van der Waals surface area contributed by atoms with Gasteiger partial charge in [0.05, 0.1) is 0 Å². The highest BCUT2D eigenvalue weighted by Crippen LogP contribution is 2.51. The zero-order valence-electron chi connectivity index (χ0n) is 20.2. The second kappa shape index (κ2) is 9.55. The van der Waals surface area contributed by atoms with Crippen molar-refractivity contribution in [3.8, 4) is 17.0 Å². The fourth-order valence-electron chi connectivity index (χ4n) is 5.58. The largest absolute Gasteiger partial charge is 0.611 e. The topological polar surface area (TPSA) is 88.5 Å². The van der Waals surface area contributed by atoms with Gasteiger partial charge in [0, 0.05) is 36.0 Å². The molecule has 2 aliphatic rings. The molecular weight excluding hydrogens is 458 g/mol. The molecule has 1 aromatic heterocycles. The van der Waals surface area contributed by atoms with E-state index in [1.807, 2.05) is 61.2 Å². The minimum Gasteiger partial charge on any atom is -0.611 e. The number of fused-ring (bicyclic) bond motifs is 2. The molecule has 6 nitrogen and oxygen atoms in total. The number of carbonyl (C=O) groups excluding carboxylic acids is 1. The van der Waals surface area contributed by atoms with Gasteiger partial charge in [-0.05, 0) is 90.5 Å². The maximum Gasteiger partial charge on any atom is 0.322 e. The highest BCUT2D eigenvalue weighted by molar-refractivity contribution is 7.91. The number of pyridine rings is 1. The molecule has 0 bridgehead atoms. The van der Waals surface area contributed by atoms with Crippen molar-refractivity contribution in [2.45, 2.75) is 56.4 Å². The van der Waals surface area contributed by atoms with Gasteiger partial charge in [0.1, 0.15) is 5.75 Å². The molecule has 35 heavy (non-hydrogen) atoms. The Kier molecular flexibility index (Phi) is 6.47. The summed E-state index contributed by atoms with van der Waals surface area (Å²) in [6.45, 7) is 4.96. The van der Waals surface area contributed by atoms with Gasteiger partial charge in [0.2, 0.25) is 5.88 Å². The summed E-state index contributed by atoms with van der Waals surface area (Å²) >= 11 is -0.977. The molecule has 2 N–H and O–H groups in total. The van der Waals surface area contributed by atoms with E-state index in [2.05, 4.69) is 16.4 Å². The number of nitrogens with one attached hydrogen (secondary N) is 1. The normalized spacial score (nSPS) is 16.9. The second-order valence-corrected chi connectivity index (χ2v) is 11.3. The first-order valence-electron chi connectivity index (χ1n) is 12.2. The first-order chi connectivity index (χ1) is 16.9. The third-order valence-corrected chi connectivity index (χ3v) is 8.77. The smallest absolute Gasteiger partial charge is 0.322 e. The lowest BCUT2D eigenvalue weighted by molar-refractivity contribution is 0.245. The van der Waals surface area contributed by atoms with Gasteiger partial charge in [-0.1, -0.05) is 31.0 Å². The fourth-order valence-corrected chi connectivity index (χ4v) is 6.36. The number of benzene rings is 2. The molecular formula is C28H31N3O3S. The molecule has 1 fully saturated rings. The van der Waals surface area contributed by atoms with Crippen LogP contribution in [-0.4, -0.2) is 33.0 Å². The van der Waals surface area contributed by atoms with Gasteiger partial charge in [0.25, 0.3) is 0 Å². The highest BCUT2D eigenvalue weighted by Gasteiger charge is 2.46. The minimum absolute atomic E-state index is 0.0341. The van der Waals surface area contributed by atoms with Crippen LogP contribution in [0.15, 0.2) is 59.6 Å². The fraction of sp³-hybridized carbons (Fsp3) is 0.357. The first kappa shape index (κ1) is 23.7. The van der Waals surface area contributed by atoms with Crippen molar-refractivity contribution in [3.63, 3.8) is 0 Å². The molecule has 182 valence electrons. The Morgan fingerprint density at radius 1 is 1.17 bits per heavy atom. The van der Waals surface area contributed by atoms with Crippen LogP contribution in [0.3, 0.4) is 0 Å². The molecule has 1 unspecified atom stereocenters. The van der Waals surface area contributed by atoms with Gasteiger partial charge in [0.15, 0.2) is 4.90 Å². The van der Waals surface area contributed by atoms with Crippen molar-refractivity contribution in [1.82, 2.24) is 10.3 Å². The Bertz CT molecular complexity index is 1220. The first-order valence-corrected chi connectivity index (χ1v) is 13.6. The quantitative estimate of drug-likeness (QED) is 0.468. The lowest BCUT2D eigenvalue weighted by Gasteiger charge is -2.25. The molecule has 0 saturated heterocycles. The zero-order chi connectivity index (χ0) is 24.6. The van der Waals surface area contributed by atoms with E-state index in [1.165, 1.54) is 5.56 Å². The van der Waals surface area contributed by atoms with Crippen molar-refractivity contribution in [2.24, 2.45) is 0 Å². The molecule has 2 amide bonds. The summed E-state index contributed by atoms with van der Waals surface area (Å²) in [6.07, 6.45) is 6.04. The van der Waals surface area contributed by atoms with Gasteiger partial charge in [-0.2, -0.15) is 0 Å². The molecule has 0 radical (unpaired) electrons. The van der Waals surface area contributed by atoms with Gasteiger partial charge >= 0.3 is 6.03 Å². The van der Waals surface area contributed by atoms with Crippen LogP contribution in [0, 0.1) is 6.92 Å². The second-order valence-electron chi connectivity index (χ2n) is 9.57. The number of aromatic hydroxyl groups is 1. The average Bonchev–Trinajstić information content (AvgIpc) is 3.47. The van der Waals surface area contributed by atoms with Crippen molar-refractivity contribution in [3.05, 3.63) is 71.4 Å². The van der Waals surface area contributed by atoms with E-state index in [0.29, 0.717) is 18.8 Å². The van der Waals surface area contributed by atoms with E-state index in [9.17, 15) is 14.5 Å². The lowest BCUT2D eigenvalue weighted by Crippen LogP contribution is -2.41. The van der Waals surface area contributed by atoms with Crippen LogP contribution in [0.5, 0.6) is 5.88 Å². The monoisotopic (exact) mass is 489 g/mol. The maximum atomic E-state index is 13.3. The molecule has 1 aliphatic carbocycles. The van der Waals surface area contributed by atoms with Gasteiger partial charge in [-0.15, -0.1) is 0 Å². The summed E-state index contributed by atoms with van der Waals surface area (Å²) in [5.74, 6) is 0.625. The number of rotatable bonds is 5. The van der Waals surface area contributed by atoms with Crippen LogP contribution < -0.4 is 10.2 Å². The Morgan fingerprint density at radius 3 is 2.60 bits per heavy atom. The van der Waals surface area contributed by atoms with Crippen LogP contribution in [0.1, 0.15) is 49.3 Å². The molecule has 2 heterocycles. The van der Waals surface area contributed by atoms with E-state index >= 15 is 0 Å². The Labute approximate surface area is 209 Å². The predicted octanol–water partition coefficient (Wildman–Crippen LogP) is 5.43. The van der Waals surface area contributed by atoms with E-state index in [1.54, 1.807) is 6.20 Å². The van der Waals surface area contributed by atoms with E-state index < -0.39 is 11.2 Å². The lowest BCUT2D eigenvalue weighted by atomic mass is 9.80. The number of anilines is 1. The predicted molar refractivity (Wildman–Crippen MR) is 139 cm³/mol. The Morgan fingerprint density at radius 2 is 1.91 bits per heavy atom. The van der Waals surface area contributed by atoms with Crippen LogP contribution in [-0.2, 0) is 23.1 Å². The van der Waals surface area contributed by atoms with Crippen LogP contribution in [0.25, 0.3) is 11.1 Å². The summed E-state index contributed by atoms with van der Waals surface area (Å²) in [5.41, 5.74) is 5.73. The Hall–Kier alpha value is -3.03. The summed E-state index contributed by atoms with van der Waals surface area (Å²) in [6, 6.07) is 15.5. The molecule has 5 rings (SSSR count). The number of carbonyl (C=O) groups is 1. The van der Waals surface area contributed by atoms with E-state index in [4.69, 9.17) is 0 Å². The third kappa shape index (κ3) is 4.39. The molecule has 1 aliphatic heterocycles. The van der Waals surface area contributed by atoms with Crippen molar-refractivity contribution in [1.29, 1.82) is 0 Å². The van der Waals surface area contributed by atoms with E-state index in [-0.39, 0.29) is 17.3 Å². The summed E-state index contributed by atoms with van der Waals surface area (Å²) in [7, 11) is 0. The molecule has 2 aromatic carbocycles. The van der Waals surface area contributed by atoms with Crippen LogP contribution in [0.4, 0.5) is 10.5 Å². The maximum absolute atomic E-state index is 13.3. The van der Waals surface area contributed by atoms with Crippen molar-refractivity contribution >= 4 is 22.9 Å². The zero-order valence-corrected chi connectivity index (χ0v) is 21.0. The highest BCUT2D eigenvalue weighted by atomic mass is 32.2. The van der Waals surface area contributed by atoms with Crippen molar-refractivity contribution < 1.29 is 14.5 Å². The number of aromatic nitrogens is 1. The number of nitrogens with zero attached hydrogens (tertiary/aromatic N) is 2. The SMILES string of the molecule is CC[S+]([O-])c1ccc(CNC(=O)N2CC3(CCCC3)c3cc(-c4c(C)ccnc4O)ccc32)cc1. The van der Waals surface area contributed by atoms with Gasteiger partial charge < -0.3 is 15.0 Å². The van der Waals surface area contributed by atoms with Crippen LogP contribution >= 0.6 is 0 Å². The summed E-state index contributed by atoms with van der Waals surface area (Å²) in [5, 5.41) is 13.5. The van der Waals surface area contributed by atoms with Gasteiger partial charge in [-0.3, -0.25) is 4.90 Å². The number of hydrogen-bond donors (Lipinski definition) is 2. The number of hydrogen-bond acceptors (Lipinski definition) is 4. The average molecular weight is 490 g/mol. The number of amides is 2. The molecule has 1 atom stereocenters. The standard InChI is InChI=1S/C28H31N3O3S/c1-3-35(34)22-9-6-20(7-10-22)17-30-27(33)31-18-28(13-4-5-14-28)23-16-21(8-11-24(23)31)25-19(2)12-15-29-26(25)32/h6-12,15-16H,3-5,13-14,17-18H2,1-2H3,(H,29,32)(H,30,33). The van der Waals surface area contributed by atoms with Crippen LogP contribution in [0.2, 0.25) is 0 Å². The molecule has 1 saturated carbocycles. The molecule has 7 heteroatoms. The number of urea groups is 1. The van der Waals surface area contributed by atoms with Gasteiger partial charge in [-0.25, -0.2) is 9.78 Å². The molecule has 3 aromatic rings. The number of aryl methyl sites for hydroxylation is 1. The van der Waals surface area contributed by atoms with E-state index in [0.717, 1.165) is 58.5 Å². The molecule has 1 spiro atoms. The Balaban J connectivity index is 1.39. The minimum atomic E-state index is -0.977. The summed E-state index contributed by atoms with van der Waals surface area (Å²) in [4.78, 5) is 20.1. The summed E-state index contributed by atoms with van der Waals surface area (Å²) < 4.78 is 12.0. The van der Waals surface area contributed by atoms with Crippen molar-refractivity contribution in [2.75, 3.05) is 17.2 Å².